The van der Waals surface area contributed by atoms with Gasteiger partial charge in [0.15, 0.2) is 0 Å². The Balaban J connectivity index is 1.33. The van der Waals surface area contributed by atoms with Gasteiger partial charge in [0.2, 0.25) is 0 Å². The molecule has 0 bridgehead atoms. The van der Waals surface area contributed by atoms with Crippen LogP contribution >= 0.6 is 0 Å². The molecule has 0 saturated carbocycles. The first-order valence-corrected chi connectivity index (χ1v) is 18.0. The van der Waals surface area contributed by atoms with Gasteiger partial charge in [-0.3, -0.25) is 4.57 Å². The lowest BCUT2D eigenvalue weighted by atomic mass is 9.82. The van der Waals surface area contributed by atoms with Gasteiger partial charge in [0.1, 0.15) is 17.3 Å². The molecule has 5 heteroatoms. The first-order valence-electron chi connectivity index (χ1n) is 18.0. The summed E-state index contributed by atoms with van der Waals surface area (Å²) in [5, 5.41) is 7.69. The number of rotatable bonds is 8. The van der Waals surface area contributed by atoms with Crippen LogP contribution in [0.4, 0.5) is 0 Å². The number of fused-ring (bicyclic) bond motifs is 3. The number of aromatic nitrogens is 4. The number of benzene rings is 4. The van der Waals surface area contributed by atoms with Gasteiger partial charge in [0.05, 0.1) is 28.1 Å². The molecule has 254 valence electrons. The molecule has 0 aliphatic rings. The van der Waals surface area contributed by atoms with Gasteiger partial charge in [-0.2, -0.15) is 5.10 Å². The lowest BCUT2D eigenvalue weighted by molar-refractivity contribution is 0.482. The number of ether oxygens (including phenoxy) is 1. The Morgan fingerprint density at radius 2 is 1.44 bits per heavy atom. The number of aryl methyl sites for hydroxylation is 2. The van der Waals surface area contributed by atoms with E-state index in [0.29, 0.717) is 0 Å². The van der Waals surface area contributed by atoms with Crippen molar-refractivity contribution in [2.75, 3.05) is 0 Å². The summed E-state index contributed by atoms with van der Waals surface area (Å²) in [7, 11) is 0. The van der Waals surface area contributed by atoms with Crippen LogP contribution in [0.25, 0.3) is 44.4 Å². The van der Waals surface area contributed by atoms with E-state index >= 15 is 0 Å². The zero-order valence-corrected chi connectivity index (χ0v) is 30.7. The second-order valence-electron chi connectivity index (χ2n) is 15.4. The predicted octanol–water partition coefficient (Wildman–Crippen LogP) is 11.9. The van der Waals surface area contributed by atoms with Crippen LogP contribution in [0.5, 0.6) is 11.5 Å². The standard InChI is InChI=1S/C45H48N4O/c1-9-15-38-42(31-16-13-17-32(27-31)44(3,4)5)43(45(6,7)8)49(47-38)33-18-14-19-34(28-33)50-35-22-23-37-36-20-11-12-21-39(36)48(40(37)29-35)41-26-30(10-2)24-25-46-41/h11-14,16-29H,9-10,15H2,1-8H3. The molecule has 3 heterocycles. The number of hydrogen-bond donors (Lipinski definition) is 0. The summed E-state index contributed by atoms with van der Waals surface area (Å²) in [5.74, 6) is 2.45. The molecule has 3 aromatic heterocycles. The van der Waals surface area contributed by atoms with Crippen LogP contribution in [0.2, 0.25) is 0 Å². The Hall–Kier alpha value is -5.16. The van der Waals surface area contributed by atoms with Crippen LogP contribution in [0.15, 0.2) is 109 Å². The molecule has 7 aromatic rings. The summed E-state index contributed by atoms with van der Waals surface area (Å²) in [6, 6.07) is 36.5. The fraction of sp³-hybridized carbons (Fsp3) is 0.289. The van der Waals surface area contributed by atoms with Crippen molar-refractivity contribution in [1.82, 2.24) is 19.3 Å². The molecule has 0 unspecified atom stereocenters. The fourth-order valence-electron chi connectivity index (χ4n) is 7.08. The van der Waals surface area contributed by atoms with E-state index in [2.05, 4.69) is 162 Å². The molecule has 0 radical (unpaired) electrons. The minimum atomic E-state index is -0.162. The van der Waals surface area contributed by atoms with Crippen molar-refractivity contribution in [3.8, 4) is 34.1 Å². The van der Waals surface area contributed by atoms with Crippen LogP contribution < -0.4 is 4.74 Å². The highest BCUT2D eigenvalue weighted by Gasteiger charge is 2.29. The van der Waals surface area contributed by atoms with Gasteiger partial charge < -0.3 is 4.74 Å². The molecule has 0 fully saturated rings. The Morgan fingerprint density at radius 1 is 0.680 bits per heavy atom. The summed E-state index contributed by atoms with van der Waals surface area (Å²) < 4.78 is 11.1. The SMILES string of the molecule is CCCc1nn(-c2cccc(Oc3ccc4c5ccccc5n(-c5cc(CC)ccn5)c4c3)c2)c(C(C)(C)C)c1-c1cccc(C(C)(C)C)c1. The van der Waals surface area contributed by atoms with E-state index in [9.17, 15) is 0 Å². The fourth-order valence-corrected chi connectivity index (χ4v) is 7.08. The molecule has 0 spiro atoms. The third-order valence-electron chi connectivity index (χ3n) is 9.56. The number of para-hydroxylation sites is 1. The van der Waals surface area contributed by atoms with Crippen LogP contribution in [0, 0.1) is 0 Å². The third kappa shape index (κ3) is 6.22. The molecule has 0 atom stereocenters. The van der Waals surface area contributed by atoms with Crippen LogP contribution in [-0.4, -0.2) is 19.3 Å². The lowest BCUT2D eigenvalue weighted by Crippen LogP contribution is -2.19. The Labute approximate surface area is 296 Å². The van der Waals surface area contributed by atoms with Gasteiger partial charge in [-0.15, -0.1) is 0 Å². The minimum Gasteiger partial charge on any atom is -0.457 e. The molecule has 50 heavy (non-hydrogen) atoms. The quantitative estimate of drug-likeness (QED) is 0.163. The number of nitrogens with zero attached hydrogens (tertiary/aromatic N) is 4. The van der Waals surface area contributed by atoms with Crippen molar-refractivity contribution in [2.24, 2.45) is 0 Å². The van der Waals surface area contributed by atoms with E-state index in [1.54, 1.807) is 0 Å². The molecule has 0 aliphatic heterocycles. The van der Waals surface area contributed by atoms with Gasteiger partial charge in [-0.25, -0.2) is 9.67 Å². The van der Waals surface area contributed by atoms with Crippen molar-refractivity contribution in [3.63, 3.8) is 0 Å². The van der Waals surface area contributed by atoms with Crippen LogP contribution in [-0.2, 0) is 23.7 Å². The summed E-state index contributed by atoms with van der Waals surface area (Å²) in [5.41, 5.74) is 10.5. The zero-order chi connectivity index (χ0) is 35.2. The molecule has 5 nitrogen and oxygen atoms in total. The summed E-state index contributed by atoms with van der Waals surface area (Å²) >= 11 is 0. The maximum atomic E-state index is 6.65. The third-order valence-corrected chi connectivity index (χ3v) is 9.56. The van der Waals surface area contributed by atoms with Gasteiger partial charge >= 0.3 is 0 Å². The van der Waals surface area contributed by atoms with Gasteiger partial charge in [0, 0.05) is 40.1 Å². The van der Waals surface area contributed by atoms with Gasteiger partial charge in [-0.05, 0) is 77.4 Å². The lowest BCUT2D eigenvalue weighted by Gasteiger charge is -2.24. The Kier molecular flexibility index (Phi) is 8.63. The van der Waals surface area contributed by atoms with E-state index < -0.39 is 0 Å². The van der Waals surface area contributed by atoms with Crippen LogP contribution in [0.1, 0.15) is 84.3 Å². The normalized spacial score (nSPS) is 12.2. The first kappa shape index (κ1) is 33.3. The van der Waals surface area contributed by atoms with Gasteiger partial charge in [0.25, 0.3) is 0 Å². The topological polar surface area (TPSA) is 44.9 Å². The van der Waals surface area contributed by atoms with Crippen molar-refractivity contribution in [3.05, 3.63) is 132 Å². The summed E-state index contributed by atoms with van der Waals surface area (Å²) in [4.78, 5) is 4.79. The van der Waals surface area contributed by atoms with Crippen molar-refractivity contribution < 1.29 is 4.74 Å². The largest absolute Gasteiger partial charge is 0.457 e. The molecular weight excluding hydrogens is 613 g/mol. The molecule has 4 aromatic carbocycles. The molecule has 0 amide bonds. The second-order valence-corrected chi connectivity index (χ2v) is 15.4. The number of pyridine rings is 1. The number of hydrogen-bond acceptors (Lipinski definition) is 3. The maximum absolute atomic E-state index is 6.65. The minimum absolute atomic E-state index is 0.0535. The monoisotopic (exact) mass is 660 g/mol. The smallest absolute Gasteiger partial charge is 0.137 e. The molecular formula is C45H48N4O. The average Bonchev–Trinajstić information content (AvgIpc) is 3.65. The van der Waals surface area contributed by atoms with Crippen molar-refractivity contribution >= 4 is 21.8 Å². The zero-order valence-electron chi connectivity index (χ0n) is 30.7. The van der Waals surface area contributed by atoms with E-state index in [0.717, 1.165) is 59.0 Å². The molecule has 7 rings (SSSR count). The molecule has 0 N–H and O–H groups in total. The predicted molar refractivity (Wildman–Crippen MR) is 208 cm³/mol. The second kappa shape index (κ2) is 12.9. The van der Waals surface area contributed by atoms with E-state index in [-0.39, 0.29) is 10.8 Å². The van der Waals surface area contributed by atoms with Crippen LogP contribution in [0.3, 0.4) is 0 Å². The summed E-state index contributed by atoms with van der Waals surface area (Å²) in [6.45, 7) is 18.1. The molecule has 0 aliphatic carbocycles. The van der Waals surface area contributed by atoms with E-state index in [4.69, 9.17) is 14.8 Å². The van der Waals surface area contributed by atoms with E-state index in [1.807, 2.05) is 12.3 Å². The van der Waals surface area contributed by atoms with Crippen molar-refractivity contribution in [2.45, 2.75) is 85.5 Å². The maximum Gasteiger partial charge on any atom is 0.137 e. The summed E-state index contributed by atoms with van der Waals surface area (Å²) in [6.07, 6.45) is 4.79. The highest BCUT2D eigenvalue weighted by atomic mass is 16.5. The van der Waals surface area contributed by atoms with E-state index in [1.165, 1.54) is 38.7 Å². The average molecular weight is 661 g/mol. The van der Waals surface area contributed by atoms with Gasteiger partial charge in [-0.1, -0.05) is 110 Å². The molecule has 0 saturated heterocycles. The Morgan fingerprint density at radius 3 is 2.20 bits per heavy atom. The Bertz CT molecular complexity index is 2330. The first-order chi connectivity index (χ1) is 24.0. The highest BCUT2D eigenvalue weighted by Crippen LogP contribution is 2.40. The van der Waals surface area contributed by atoms with Crippen molar-refractivity contribution in [1.29, 1.82) is 0 Å². The highest BCUT2D eigenvalue weighted by molar-refractivity contribution is 6.09.